The van der Waals surface area contributed by atoms with E-state index in [0.29, 0.717) is 31.4 Å². The number of hydrogen-bond donors (Lipinski definition) is 2. The molecule has 0 atom stereocenters. The molecule has 7 nitrogen and oxygen atoms in total. The van der Waals surface area contributed by atoms with Crippen LogP contribution in [-0.4, -0.2) is 43.5 Å². The Kier molecular flexibility index (Phi) is 5.21. The summed E-state index contributed by atoms with van der Waals surface area (Å²) in [7, 11) is 1.64. The van der Waals surface area contributed by atoms with Gasteiger partial charge in [0, 0.05) is 45.1 Å². The van der Waals surface area contributed by atoms with Crippen LogP contribution in [-0.2, 0) is 44.8 Å². The standard InChI is InChI=1S/C25H27N3O4/c1-32-25(13-18-5-2-3-6-19(18)14-25)15-26-23(30)24(31)27-20-11-16-7-4-10-28-21(29)9-8-17(12-20)22(16)28/h2-3,5-6,11-12H,4,7-10,13-15H2,1H3,(H,26,30)(H,27,31). The first kappa shape index (κ1) is 20.7. The second-order valence-electron chi connectivity index (χ2n) is 8.94. The van der Waals surface area contributed by atoms with Gasteiger partial charge in [-0.3, -0.25) is 14.4 Å². The predicted octanol–water partition coefficient (Wildman–Crippen LogP) is 2.15. The molecule has 3 amide bonds. The zero-order valence-electron chi connectivity index (χ0n) is 18.2. The lowest BCUT2D eigenvalue weighted by Gasteiger charge is -2.35. The van der Waals surface area contributed by atoms with E-state index in [1.165, 1.54) is 11.1 Å². The molecule has 0 radical (unpaired) electrons. The van der Waals surface area contributed by atoms with Crippen LogP contribution in [0.1, 0.15) is 35.1 Å². The van der Waals surface area contributed by atoms with E-state index in [0.717, 1.165) is 36.2 Å². The molecule has 32 heavy (non-hydrogen) atoms. The van der Waals surface area contributed by atoms with Gasteiger partial charge in [-0.25, -0.2) is 0 Å². The number of ether oxygens (including phenoxy) is 1. The SMILES string of the molecule is COC1(CNC(=O)C(=O)Nc2cc3c4c(c2)CCC(=O)N4CCC3)Cc2ccccc2C1. The quantitative estimate of drug-likeness (QED) is 0.724. The average molecular weight is 434 g/mol. The van der Waals surface area contributed by atoms with E-state index in [1.807, 2.05) is 29.2 Å². The van der Waals surface area contributed by atoms with E-state index >= 15 is 0 Å². The molecule has 0 saturated heterocycles. The zero-order chi connectivity index (χ0) is 22.3. The summed E-state index contributed by atoms with van der Waals surface area (Å²) in [5.41, 5.74) is 5.60. The number of hydrogen-bond acceptors (Lipinski definition) is 4. The molecule has 0 bridgehead atoms. The summed E-state index contributed by atoms with van der Waals surface area (Å²) >= 11 is 0. The van der Waals surface area contributed by atoms with Gasteiger partial charge in [0.15, 0.2) is 0 Å². The van der Waals surface area contributed by atoms with Gasteiger partial charge in [0.2, 0.25) is 5.91 Å². The minimum absolute atomic E-state index is 0.163. The number of benzene rings is 2. The minimum atomic E-state index is -0.696. The summed E-state index contributed by atoms with van der Waals surface area (Å²) in [5.74, 6) is -1.21. The van der Waals surface area contributed by atoms with Crippen molar-refractivity contribution in [3.8, 4) is 0 Å². The number of amides is 3. The van der Waals surface area contributed by atoms with Crippen molar-refractivity contribution in [1.29, 1.82) is 0 Å². The summed E-state index contributed by atoms with van der Waals surface area (Å²) in [5, 5.41) is 5.50. The molecule has 0 unspecified atom stereocenters. The number of nitrogens with zero attached hydrogens (tertiary/aromatic N) is 1. The van der Waals surface area contributed by atoms with Crippen LogP contribution in [0.4, 0.5) is 11.4 Å². The van der Waals surface area contributed by atoms with Crippen LogP contribution in [0.2, 0.25) is 0 Å². The Balaban J connectivity index is 1.25. The number of aryl methyl sites for hydroxylation is 2. The molecule has 3 aliphatic rings. The van der Waals surface area contributed by atoms with Crippen LogP contribution in [0, 0.1) is 0 Å². The second-order valence-corrected chi connectivity index (χ2v) is 8.94. The van der Waals surface area contributed by atoms with Crippen molar-refractivity contribution in [2.45, 2.75) is 44.1 Å². The van der Waals surface area contributed by atoms with Crippen molar-refractivity contribution in [2.75, 3.05) is 30.4 Å². The molecule has 0 spiro atoms. The van der Waals surface area contributed by atoms with E-state index in [1.54, 1.807) is 7.11 Å². The molecule has 2 aromatic rings. The summed E-state index contributed by atoms with van der Waals surface area (Å²) in [4.78, 5) is 39.2. The Morgan fingerprint density at radius 1 is 1.00 bits per heavy atom. The van der Waals surface area contributed by atoms with Gasteiger partial charge in [-0.05, 0) is 53.6 Å². The van der Waals surface area contributed by atoms with Gasteiger partial charge < -0.3 is 20.3 Å². The number of rotatable bonds is 4. The first-order valence-corrected chi connectivity index (χ1v) is 11.2. The smallest absolute Gasteiger partial charge is 0.313 e. The average Bonchev–Trinajstić information content (AvgIpc) is 3.19. The van der Waals surface area contributed by atoms with E-state index in [2.05, 4.69) is 22.8 Å². The molecule has 0 saturated carbocycles. The van der Waals surface area contributed by atoms with Gasteiger partial charge in [0.25, 0.3) is 0 Å². The molecule has 2 heterocycles. The highest BCUT2D eigenvalue weighted by molar-refractivity contribution is 6.39. The monoisotopic (exact) mass is 433 g/mol. The number of carbonyl (C=O) groups is 3. The van der Waals surface area contributed by atoms with Gasteiger partial charge in [-0.1, -0.05) is 24.3 Å². The molecule has 2 aromatic carbocycles. The summed E-state index contributed by atoms with van der Waals surface area (Å²) in [6, 6.07) is 11.9. The highest BCUT2D eigenvalue weighted by Gasteiger charge is 2.38. The summed E-state index contributed by atoms with van der Waals surface area (Å²) < 4.78 is 5.77. The molecule has 7 heteroatoms. The van der Waals surface area contributed by atoms with Crippen LogP contribution < -0.4 is 15.5 Å². The van der Waals surface area contributed by atoms with E-state index in [4.69, 9.17) is 4.74 Å². The third-order valence-corrected chi connectivity index (χ3v) is 6.89. The van der Waals surface area contributed by atoms with E-state index < -0.39 is 17.4 Å². The van der Waals surface area contributed by atoms with Crippen LogP contribution in [0.5, 0.6) is 0 Å². The fraction of sp³-hybridized carbons (Fsp3) is 0.400. The number of fused-ring (bicyclic) bond motifs is 1. The molecule has 2 N–H and O–H groups in total. The summed E-state index contributed by atoms with van der Waals surface area (Å²) in [6.45, 7) is 1.01. The Morgan fingerprint density at radius 2 is 1.69 bits per heavy atom. The van der Waals surface area contributed by atoms with Crippen LogP contribution >= 0.6 is 0 Å². The lowest BCUT2D eigenvalue weighted by molar-refractivity contribution is -0.137. The highest BCUT2D eigenvalue weighted by atomic mass is 16.5. The fourth-order valence-corrected chi connectivity index (χ4v) is 5.24. The Hall–Kier alpha value is -3.19. The molecular formula is C25H27N3O4. The molecule has 0 aromatic heterocycles. The third kappa shape index (κ3) is 3.66. The maximum absolute atomic E-state index is 12.6. The largest absolute Gasteiger partial charge is 0.376 e. The van der Waals surface area contributed by atoms with Crippen molar-refractivity contribution >= 4 is 29.1 Å². The van der Waals surface area contributed by atoms with Crippen LogP contribution in [0.25, 0.3) is 0 Å². The maximum atomic E-state index is 12.6. The van der Waals surface area contributed by atoms with E-state index in [9.17, 15) is 14.4 Å². The van der Waals surface area contributed by atoms with Crippen LogP contribution in [0.3, 0.4) is 0 Å². The van der Waals surface area contributed by atoms with Gasteiger partial charge in [0.05, 0.1) is 11.3 Å². The molecule has 1 aliphatic carbocycles. The lowest BCUT2D eigenvalue weighted by atomic mass is 9.91. The number of nitrogens with one attached hydrogen (secondary N) is 2. The zero-order valence-corrected chi connectivity index (χ0v) is 18.2. The van der Waals surface area contributed by atoms with Crippen molar-refractivity contribution < 1.29 is 19.1 Å². The molecule has 5 rings (SSSR count). The van der Waals surface area contributed by atoms with Crippen molar-refractivity contribution in [1.82, 2.24) is 5.32 Å². The first-order valence-electron chi connectivity index (χ1n) is 11.2. The number of anilines is 2. The molecular weight excluding hydrogens is 406 g/mol. The van der Waals surface area contributed by atoms with Gasteiger partial charge in [0.1, 0.15) is 0 Å². The summed E-state index contributed by atoms with van der Waals surface area (Å²) in [6.07, 6.45) is 4.29. The predicted molar refractivity (Wildman–Crippen MR) is 121 cm³/mol. The van der Waals surface area contributed by atoms with Crippen molar-refractivity contribution in [3.63, 3.8) is 0 Å². The normalized spacial score (nSPS) is 18.0. The molecule has 0 fully saturated rings. The molecule has 2 aliphatic heterocycles. The second kappa shape index (κ2) is 8.06. The fourth-order valence-electron chi connectivity index (χ4n) is 5.24. The lowest BCUT2D eigenvalue weighted by Crippen LogP contribution is -2.48. The Bertz CT molecular complexity index is 1070. The number of carbonyl (C=O) groups excluding carboxylic acids is 3. The third-order valence-electron chi connectivity index (χ3n) is 6.89. The maximum Gasteiger partial charge on any atom is 0.313 e. The topological polar surface area (TPSA) is 87.7 Å². The highest BCUT2D eigenvalue weighted by Crippen LogP contribution is 2.38. The van der Waals surface area contributed by atoms with Gasteiger partial charge in [-0.2, -0.15) is 0 Å². The van der Waals surface area contributed by atoms with E-state index in [-0.39, 0.29) is 12.5 Å². The Labute approximate surface area is 187 Å². The Morgan fingerprint density at radius 3 is 2.38 bits per heavy atom. The minimum Gasteiger partial charge on any atom is -0.376 e. The van der Waals surface area contributed by atoms with Gasteiger partial charge >= 0.3 is 11.8 Å². The van der Waals surface area contributed by atoms with Crippen molar-refractivity contribution in [3.05, 3.63) is 58.7 Å². The van der Waals surface area contributed by atoms with Crippen LogP contribution in [0.15, 0.2) is 36.4 Å². The van der Waals surface area contributed by atoms with Gasteiger partial charge in [-0.15, -0.1) is 0 Å². The number of methoxy groups -OCH3 is 1. The molecule has 166 valence electrons. The van der Waals surface area contributed by atoms with Crippen molar-refractivity contribution in [2.24, 2.45) is 0 Å². The first-order chi connectivity index (χ1) is 15.5.